The van der Waals surface area contributed by atoms with Crippen LogP contribution in [0.3, 0.4) is 0 Å². The number of benzene rings is 1. The van der Waals surface area contributed by atoms with Crippen LogP contribution in [0, 0.1) is 6.92 Å². The van der Waals surface area contributed by atoms with Crippen LogP contribution in [0.1, 0.15) is 41.6 Å². The molecule has 0 saturated carbocycles. The highest BCUT2D eigenvalue weighted by molar-refractivity contribution is 7.20. The van der Waals surface area contributed by atoms with Crippen molar-refractivity contribution in [2.45, 2.75) is 39.2 Å². The molecule has 4 rings (SSSR count). The minimum atomic E-state index is 0.169. The normalized spacial score (nSPS) is 18.2. The Balaban J connectivity index is 1.75. The van der Waals surface area contributed by atoms with Gasteiger partial charge in [-0.1, -0.05) is 18.2 Å². The second kappa shape index (κ2) is 6.06. The number of piperidine rings is 1. The number of para-hydroxylation sites is 1. The third-order valence-corrected chi connectivity index (χ3v) is 5.92. The Kier molecular flexibility index (Phi) is 3.88. The summed E-state index contributed by atoms with van der Waals surface area (Å²) < 4.78 is 1.95. The molecule has 4 nitrogen and oxygen atoms in total. The molecule has 3 heterocycles. The lowest BCUT2D eigenvalue weighted by Gasteiger charge is -2.33. The van der Waals surface area contributed by atoms with Gasteiger partial charge in [0.2, 0.25) is 0 Å². The Bertz CT molecular complexity index is 881. The molecule has 1 aliphatic heterocycles. The van der Waals surface area contributed by atoms with Crippen LogP contribution in [0.2, 0.25) is 0 Å². The van der Waals surface area contributed by atoms with Crippen LogP contribution in [0.4, 0.5) is 0 Å². The van der Waals surface area contributed by atoms with Crippen molar-refractivity contribution in [1.29, 1.82) is 0 Å². The summed E-state index contributed by atoms with van der Waals surface area (Å²) in [6, 6.07) is 12.5. The summed E-state index contributed by atoms with van der Waals surface area (Å²) in [4.78, 5) is 16.8. The van der Waals surface area contributed by atoms with Gasteiger partial charge >= 0.3 is 0 Å². The monoisotopic (exact) mass is 339 g/mol. The van der Waals surface area contributed by atoms with Crippen LogP contribution in [0.25, 0.3) is 15.9 Å². The maximum Gasteiger partial charge on any atom is 0.264 e. The molecule has 1 fully saturated rings. The van der Waals surface area contributed by atoms with Gasteiger partial charge in [-0.2, -0.15) is 5.10 Å². The van der Waals surface area contributed by atoms with Gasteiger partial charge in [0.05, 0.1) is 16.3 Å². The minimum absolute atomic E-state index is 0.169. The van der Waals surface area contributed by atoms with Gasteiger partial charge in [0.15, 0.2) is 0 Å². The Morgan fingerprint density at radius 2 is 2.04 bits per heavy atom. The van der Waals surface area contributed by atoms with Gasteiger partial charge < -0.3 is 4.90 Å². The van der Waals surface area contributed by atoms with Crippen LogP contribution in [0.15, 0.2) is 36.4 Å². The molecule has 0 bridgehead atoms. The van der Waals surface area contributed by atoms with Crippen LogP contribution < -0.4 is 0 Å². The third kappa shape index (κ3) is 2.53. The average Bonchev–Trinajstić information content (AvgIpc) is 3.16. The predicted octanol–water partition coefficient (Wildman–Crippen LogP) is 4.41. The lowest BCUT2D eigenvalue weighted by molar-refractivity contribution is 0.0641. The van der Waals surface area contributed by atoms with Crippen LogP contribution in [-0.4, -0.2) is 33.2 Å². The first-order valence-electron chi connectivity index (χ1n) is 8.50. The first kappa shape index (κ1) is 15.4. The summed E-state index contributed by atoms with van der Waals surface area (Å²) >= 11 is 1.55. The first-order valence-corrected chi connectivity index (χ1v) is 9.32. The van der Waals surface area contributed by atoms with Gasteiger partial charge in [-0.15, -0.1) is 11.3 Å². The number of aromatic nitrogens is 2. The molecule has 1 aromatic carbocycles. The molecule has 0 radical (unpaired) electrons. The first-order chi connectivity index (χ1) is 11.6. The Morgan fingerprint density at radius 3 is 2.79 bits per heavy atom. The summed E-state index contributed by atoms with van der Waals surface area (Å²) in [5, 5.41) is 5.73. The summed E-state index contributed by atoms with van der Waals surface area (Å²) in [5.41, 5.74) is 2.00. The van der Waals surface area contributed by atoms with E-state index < -0.39 is 0 Å². The molecule has 3 aromatic rings. The van der Waals surface area contributed by atoms with Crippen LogP contribution in [0.5, 0.6) is 0 Å². The Labute approximate surface area is 145 Å². The smallest absolute Gasteiger partial charge is 0.264 e. The molecule has 1 saturated heterocycles. The zero-order valence-corrected chi connectivity index (χ0v) is 14.8. The molecule has 1 aliphatic rings. The molecule has 1 atom stereocenters. The minimum Gasteiger partial charge on any atom is -0.335 e. The maximum absolute atomic E-state index is 12.9. The van der Waals surface area contributed by atoms with Crippen molar-refractivity contribution in [3.8, 4) is 5.69 Å². The molecular formula is C19H21N3OS. The van der Waals surface area contributed by atoms with Crippen molar-refractivity contribution in [2.24, 2.45) is 0 Å². The fourth-order valence-electron chi connectivity index (χ4n) is 3.44. The van der Waals surface area contributed by atoms with Crippen LogP contribution >= 0.6 is 11.3 Å². The van der Waals surface area contributed by atoms with Gasteiger partial charge in [-0.05, 0) is 51.3 Å². The number of nitrogens with zero attached hydrogens (tertiary/aromatic N) is 3. The highest BCUT2D eigenvalue weighted by Crippen LogP contribution is 2.32. The number of aryl methyl sites for hydroxylation is 1. The van der Waals surface area contributed by atoms with Gasteiger partial charge in [-0.25, -0.2) is 4.68 Å². The molecule has 0 aliphatic carbocycles. The van der Waals surface area contributed by atoms with Gasteiger partial charge in [-0.3, -0.25) is 4.79 Å². The number of amides is 1. The number of rotatable bonds is 2. The topological polar surface area (TPSA) is 38.1 Å². The van der Waals surface area contributed by atoms with E-state index in [1.54, 1.807) is 11.3 Å². The number of carbonyl (C=O) groups excluding carboxylic acids is 1. The van der Waals surface area contributed by atoms with Crippen molar-refractivity contribution in [3.63, 3.8) is 0 Å². The molecule has 2 aromatic heterocycles. The summed E-state index contributed by atoms with van der Waals surface area (Å²) in [5.74, 6) is 0.169. The lowest BCUT2D eigenvalue weighted by Crippen LogP contribution is -2.41. The van der Waals surface area contributed by atoms with Gasteiger partial charge in [0.25, 0.3) is 5.91 Å². The second-order valence-electron chi connectivity index (χ2n) is 6.51. The number of hydrogen-bond acceptors (Lipinski definition) is 3. The number of likely N-dealkylation sites (tertiary alicyclic amines) is 1. The number of carbonyl (C=O) groups is 1. The average molecular weight is 339 g/mol. The van der Waals surface area contributed by atoms with E-state index >= 15 is 0 Å². The standard InChI is InChI=1S/C19H21N3OS/c1-13-8-6-7-11-21(13)18(23)17-12-16-14(2)20-22(19(16)24-17)15-9-4-3-5-10-15/h3-5,9-10,12-13H,6-8,11H2,1-2H3/t13-/m0/s1. The van der Waals surface area contributed by atoms with Crippen molar-refractivity contribution in [1.82, 2.24) is 14.7 Å². The molecule has 0 N–H and O–H groups in total. The highest BCUT2D eigenvalue weighted by Gasteiger charge is 2.26. The van der Waals surface area contributed by atoms with Crippen LogP contribution in [-0.2, 0) is 0 Å². The second-order valence-corrected chi connectivity index (χ2v) is 7.54. The van der Waals surface area contributed by atoms with E-state index in [4.69, 9.17) is 0 Å². The zero-order chi connectivity index (χ0) is 16.7. The third-order valence-electron chi connectivity index (χ3n) is 4.82. The zero-order valence-electron chi connectivity index (χ0n) is 14.0. The fourth-order valence-corrected chi connectivity index (χ4v) is 4.58. The summed E-state index contributed by atoms with van der Waals surface area (Å²) in [7, 11) is 0. The van der Waals surface area contributed by atoms with Crippen molar-refractivity contribution in [3.05, 3.63) is 47.0 Å². The lowest BCUT2D eigenvalue weighted by atomic mass is 10.0. The molecule has 1 amide bonds. The number of thiophene rings is 1. The largest absolute Gasteiger partial charge is 0.335 e. The van der Waals surface area contributed by atoms with E-state index in [0.717, 1.165) is 45.9 Å². The Hall–Kier alpha value is -2.14. The quantitative estimate of drug-likeness (QED) is 0.693. The van der Waals surface area contributed by atoms with Gasteiger partial charge in [0, 0.05) is 18.0 Å². The maximum atomic E-state index is 12.9. The fraction of sp³-hybridized carbons (Fsp3) is 0.368. The summed E-state index contributed by atoms with van der Waals surface area (Å²) in [6.07, 6.45) is 3.44. The summed E-state index contributed by atoms with van der Waals surface area (Å²) in [6.45, 7) is 5.03. The number of hydrogen-bond donors (Lipinski definition) is 0. The SMILES string of the molecule is Cc1nn(-c2ccccc2)c2sc(C(=O)N3CCCC[C@@H]3C)cc12. The molecule has 124 valence electrons. The Morgan fingerprint density at radius 1 is 1.25 bits per heavy atom. The van der Waals surface area contributed by atoms with E-state index in [-0.39, 0.29) is 5.91 Å². The number of fused-ring (bicyclic) bond motifs is 1. The molecule has 24 heavy (non-hydrogen) atoms. The van der Waals surface area contributed by atoms with E-state index in [9.17, 15) is 4.79 Å². The predicted molar refractivity (Wildman–Crippen MR) is 98.0 cm³/mol. The molecular weight excluding hydrogens is 318 g/mol. The highest BCUT2D eigenvalue weighted by atomic mass is 32.1. The van der Waals surface area contributed by atoms with E-state index in [0.29, 0.717) is 6.04 Å². The van der Waals surface area contributed by atoms with Gasteiger partial charge in [0.1, 0.15) is 4.83 Å². The van der Waals surface area contributed by atoms with E-state index in [1.165, 1.54) is 6.42 Å². The van der Waals surface area contributed by atoms with Crippen molar-refractivity contribution in [2.75, 3.05) is 6.54 Å². The molecule has 0 spiro atoms. The van der Waals surface area contributed by atoms with E-state index in [2.05, 4.69) is 12.0 Å². The molecule has 0 unspecified atom stereocenters. The van der Waals surface area contributed by atoms with Crippen molar-refractivity contribution < 1.29 is 4.79 Å². The molecule has 5 heteroatoms. The van der Waals surface area contributed by atoms with E-state index in [1.807, 2.05) is 52.9 Å². The van der Waals surface area contributed by atoms with Crippen molar-refractivity contribution >= 4 is 27.5 Å².